The number of carbonyl (C=O) groups is 2. The Morgan fingerprint density at radius 2 is 1.66 bits per heavy atom. The molecule has 2 N–H and O–H groups in total. The monoisotopic (exact) mass is 549 g/mol. The van der Waals surface area contributed by atoms with Crippen molar-refractivity contribution >= 4 is 17.5 Å². The van der Waals surface area contributed by atoms with E-state index in [1.54, 1.807) is 30.1 Å². The molecular weight excluding hydrogens is 518 g/mol. The zero-order valence-corrected chi connectivity index (χ0v) is 23.0. The largest absolute Gasteiger partial charge is 0.335 e. The highest BCUT2D eigenvalue weighted by molar-refractivity contribution is 6.08. The number of nitrogens with zero attached hydrogens (tertiary/aromatic N) is 7. The van der Waals surface area contributed by atoms with E-state index in [1.165, 1.54) is 0 Å². The number of nitrogens with one attached hydrogen (secondary N) is 2. The van der Waals surface area contributed by atoms with Crippen LogP contribution in [0.2, 0.25) is 0 Å². The van der Waals surface area contributed by atoms with E-state index < -0.39 is 0 Å². The van der Waals surface area contributed by atoms with Crippen molar-refractivity contribution in [1.29, 1.82) is 0 Å². The van der Waals surface area contributed by atoms with Gasteiger partial charge in [-0.25, -0.2) is 0 Å². The van der Waals surface area contributed by atoms with Crippen LogP contribution in [-0.4, -0.2) is 59.2 Å². The van der Waals surface area contributed by atoms with Crippen molar-refractivity contribution in [3.8, 4) is 11.4 Å². The molecule has 2 heterocycles. The molecule has 0 saturated heterocycles. The Bertz CT molecular complexity index is 1600. The van der Waals surface area contributed by atoms with Gasteiger partial charge in [-0.2, -0.15) is 5.21 Å². The smallest absolute Gasteiger partial charge is 0.291 e. The Balaban J connectivity index is 1.32. The Morgan fingerprint density at radius 1 is 0.902 bits per heavy atom. The lowest BCUT2D eigenvalue weighted by Crippen LogP contribution is -2.29. The van der Waals surface area contributed by atoms with Crippen LogP contribution in [0.25, 0.3) is 11.4 Å². The van der Waals surface area contributed by atoms with Gasteiger partial charge in [0.25, 0.3) is 11.8 Å². The van der Waals surface area contributed by atoms with Gasteiger partial charge in [0, 0.05) is 31.3 Å². The Labute approximate surface area is 237 Å². The van der Waals surface area contributed by atoms with Crippen molar-refractivity contribution < 1.29 is 9.59 Å². The van der Waals surface area contributed by atoms with E-state index in [4.69, 9.17) is 0 Å². The summed E-state index contributed by atoms with van der Waals surface area (Å²) < 4.78 is 1.90. The molecule has 208 valence electrons. The van der Waals surface area contributed by atoms with E-state index in [2.05, 4.69) is 43.1 Å². The summed E-state index contributed by atoms with van der Waals surface area (Å²) in [5.41, 5.74) is 3.64. The zero-order valence-electron chi connectivity index (χ0n) is 23.0. The van der Waals surface area contributed by atoms with E-state index in [-0.39, 0.29) is 11.8 Å². The summed E-state index contributed by atoms with van der Waals surface area (Å²) in [7, 11) is 1.77. The third-order valence-corrected chi connectivity index (χ3v) is 6.69. The quantitative estimate of drug-likeness (QED) is 0.250. The maximum Gasteiger partial charge on any atom is 0.291 e. The molecule has 11 heteroatoms. The molecule has 0 saturated carbocycles. The molecule has 0 aliphatic carbocycles. The van der Waals surface area contributed by atoms with Crippen molar-refractivity contribution in [3.05, 3.63) is 107 Å². The van der Waals surface area contributed by atoms with Crippen LogP contribution in [0.5, 0.6) is 0 Å². The molecule has 0 aliphatic rings. The fraction of sp³-hybridized carbons (Fsp3) is 0.233. The van der Waals surface area contributed by atoms with Gasteiger partial charge in [0.15, 0.2) is 0 Å². The molecule has 0 bridgehead atoms. The van der Waals surface area contributed by atoms with Crippen molar-refractivity contribution in [3.63, 3.8) is 0 Å². The summed E-state index contributed by atoms with van der Waals surface area (Å²) in [6.07, 6.45) is 2.68. The van der Waals surface area contributed by atoms with E-state index in [1.807, 2.05) is 65.2 Å². The van der Waals surface area contributed by atoms with Crippen LogP contribution in [0.15, 0.2) is 78.9 Å². The standard InChI is InChI=1S/C30H31N9O2/c1-3-4-14-26-32-35-28(30(41)38(2)19-21-10-6-5-7-11-21)39(26)20-22-15-17-23(18-16-22)31-29(40)25-13-9-8-12-24(25)27-33-36-37-34-27/h5-13,15-18H,3-4,14,19-20H2,1-2H3,(H,31,40)(H,33,34,36,37). The lowest BCUT2D eigenvalue weighted by molar-refractivity contribution is 0.0767. The Kier molecular flexibility index (Phi) is 8.53. The van der Waals surface area contributed by atoms with Gasteiger partial charge in [0.05, 0.1) is 12.1 Å². The first-order chi connectivity index (χ1) is 20.0. The average molecular weight is 550 g/mol. The predicted octanol–water partition coefficient (Wildman–Crippen LogP) is 4.37. The fourth-order valence-electron chi connectivity index (χ4n) is 4.51. The molecule has 0 atom stereocenters. The first kappa shape index (κ1) is 27.4. The van der Waals surface area contributed by atoms with Crippen LogP contribution in [0.1, 0.15) is 57.7 Å². The lowest BCUT2D eigenvalue weighted by atomic mass is 10.1. The Hall–Kier alpha value is -5.19. The van der Waals surface area contributed by atoms with Gasteiger partial charge in [-0.1, -0.05) is 74.0 Å². The number of rotatable bonds is 11. The van der Waals surface area contributed by atoms with Crippen molar-refractivity contribution in [2.45, 2.75) is 39.3 Å². The second kappa shape index (κ2) is 12.8. The van der Waals surface area contributed by atoms with Crippen molar-refractivity contribution in [1.82, 2.24) is 40.3 Å². The van der Waals surface area contributed by atoms with Crippen molar-refractivity contribution in [2.75, 3.05) is 12.4 Å². The number of carbonyl (C=O) groups excluding carboxylic acids is 2. The molecule has 41 heavy (non-hydrogen) atoms. The molecule has 5 rings (SSSR count). The van der Waals surface area contributed by atoms with Gasteiger partial charge in [-0.3, -0.25) is 9.59 Å². The summed E-state index contributed by atoms with van der Waals surface area (Å²) in [5.74, 6) is 0.962. The summed E-state index contributed by atoms with van der Waals surface area (Å²) in [5, 5.41) is 25.6. The number of aromatic amines is 1. The normalized spacial score (nSPS) is 10.9. The van der Waals surface area contributed by atoms with Crippen LogP contribution < -0.4 is 5.32 Å². The minimum atomic E-state index is -0.284. The second-order valence-corrected chi connectivity index (χ2v) is 9.71. The van der Waals surface area contributed by atoms with E-state index in [0.29, 0.717) is 41.6 Å². The number of hydrogen-bond donors (Lipinski definition) is 2. The summed E-state index contributed by atoms with van der Waals surface area (Å²) in [6, 6.07) is 24.5. The number of amides is 2. The molecule has 2 aromatic heterocycles. The molecule has 0 aliphatic heterocycles. The first-order valence-electron chi connectivity index (χ1n) is 13.5. The van der Waals surface area contributed by atoms with Crippen LogP contribution in [0.4, 0.5) is 5.69 Å². The maximum atomic E-state index is 13.4. The minimum Gasteiger partial charge on any atom is -0.335 e. The van der Waals surface area contributed by atoms with Gasteiger partial charge in [-0.05, 0) is 41.0 Å². The zero-order chi connectivity index (χ0) is 28.6. The number of anilines is 1. The number of H-pyrrole nitrogens is 1. The number of aryl methyl sites for hydroxylation is 1. The summed E-state index contributed by atoms with van der Waals surface area (Å²) in [6.45, 7) is 3.02. The molecule has 11 nitrogen and oxygen atoms in total. The SMILES string of the molecule is CCCCc1nnc(C(=O)N(C)Cc2ccccc2)n1Cc1ccc(NC(=O)c2ccccc2-c2nn[nH]n2)cc1. The summed E-state index contributed by atoms with van der Waals surface area (Å²) in [4.78, 5) is 28.1. The first-order valence-corrected chi connectivity index (χ1v) is 13.5. The Morgan fingerprint density at radius 3 is 2.39 bits per heavy atom. The maximum absolute atomic E-state index is 13.4. The highest BCUT2D eigenvalue weighted by atomic mass is 16.2. The lowest BCUT2D eigenvalue weighted by Gasteiger charge is -2.18. The third kappa shape index (κ3) is 6.52. The van der Waals surface area contributed by atoms with E-state index >= 15 is 0 Å². The summed E-state index contributed by atoms with van der Waals surface area (Å²) >= 11 is 0. The number of benzene rings is 3. The highest BCUT2D eigenvalue weighted by Crippen LogP contribution is 2.21. The number of hydrogen-bond acceptors (Lipinski definition) is 7. The molecule has 0 spiro atoms. The van der Waals surface area contributed by atoms with Crippen molar-refractivity contribution in [2.24, 2.45) is 0 Å². The van der Waals surface area contributed by atoms with Gasteiger partial charge in [0.1, 0.15) is 5.82 Å². The van der Waals surface area contributed by atoms with Crippen LogP contribution in [0.3, 0.4) is 0 Å². The second-order valence-electron chi connectivity index (χ2n) is 9.71. The number of aromatic nitrogens is 7. The molecule has 0 radical (unpaired) electrons. The number of tetrazole rings is 1. The van der Waals surface area contributed by atoms with Gasteiger partial charge in [-0.15, -0.1) is 20.4 Å². The predicted molar refractivity (Wildman–Crippen MR) is 154 cm³/mol. The van der Waals surface area contributed by atoms with Gasteiger partial charge >= 0.3 is 0 Å². The molecule has 0 unspecified atom stereocenters. The average Bonchev–Trinajstić information content (AvgIpc) is 3.68. The molecule has 5 aromatic rings. The molecule has 2 amide bonds. The topological polar surface area (TPSA) is 135 Å². The third-order valence-electron chi connectivity index (χ3n) is 6.69. The van der Waals surface area contributed by atoms with Gasteiger partial charge < -0.3 is 14.8 Å². The fourth-order valence-corrected chi connectivity index (χ4v) is 4.51. The minimum absolute atomic E-state index is 0.187. The molecular formula is C30H31N9O2. The molecule has 3 aromatic carbocycles. The van der Waals surface area contributed by atoms with Crippen LogP contribution >= 0.6 is 0 Å². The highest BCUT2D eigenvalue weighted by Gasteiger charge is 2.22. The number of unbranched alkanes of at least 4 members (excludes halogenated alkanes) is 1. The van der Waals surface area contributed by atoms with Crippen LogP contribution in [0, 0.1) is 0 Å². The van der Waals surface area contributed by atoms with E-state index in [9.17, 15) is 9.59 Å². The van der Waals surface area contributed by atoms with E-state index in [0.717, 1.165) is 36.2 Å². The molecule has 0 fully saturated rings. The van der Waals surface area contributed by atoms with Crippen LogP contribution in [-0.2, 0) is 19.5 Å². The van der Waals surface area contributed by atoms with Gasteiger partial charge in [0.2, 0.25) is 11.6 Å².